The predicted octanol–water partition coefficient (Wildman–Crippen LogP) is 6.23. The van der Waals surface area contributed by atoms with Crippen LogP contribution in [0.4, 0.5) is 5.69 Å². The fraction of sp³-hybridized carbons (Fsp3) is 0.0435. The van der Waals surface area contributed by atoms with Crippen LogP contribution >= 0.6 is 22.9 Å². The van der Waals surface area contributed by atoms with Gasteiger partial charge in [-0.2, -0.15) is 0 Å². The summed E-state index contributed by atoms with van der Waals surface area (Å²) >= 11 is 7.71. The van der Waals surface area contributed by atoms with Crippen LogP contribution in [-0.2, 0) is 6.54 Å². The van der Waals surface area contributed by atoms with Crippen molar-refractivity contribution in [3.63, 3.8) is 0 Å². The average Bonchev–Trinajstić information content (AvgIpc) is 2.73. The third kappa shape index (κ3) is 2.91. The molecule has 2 aromatic heterocycles. The van der Waals surface area contributed by atoms with Crippen LogP contribution in [0.25, 0.3) is 31.1 Å². The normalized spacial score (nSPS) is 11.3. The smallest absolute Gasteiger partial charge is 0.196 e. The summed E-state index contributed by atoms with van der Waals surface area (Å²) in [5.41, 5.74) is 2.88. The second-order valence-corrected chi connectivity index (χ2v) is 8.13. The van der Waals surface area contributed by atoms with Crippen LogP contribution in [0, 0.1) is 0 Å². The van der Waals surface area contributed by atoms with E-state index in [4.69, 9.17) is 11.6 Å². The molecular weight excluding hydrogens is 388 g/mol. The third-order valence-corrected chi connectivity index (χ3v) is 6.16. The molecule has 0 unspecified atom stereocenters. The Bertz CT molecular complexity index is 1400. The van der Waals surface area contributed by atoms with Gasteiger partial charge in [0.15, 0.2) is 5.43 Å². The lowest BCUT2D eigenvalue weighted by Crippen LogP contribution is -2.05. The van der Waals surface area contributed by atoms with E-state index in [0.29, 0.717) is 22.3 Å². The monoisotopic (exact) mass is 402 g/mol. The standard InChI is InChI=1S/C23H15ClN2OS/c24-15-9-10-19-16(11-15)23(27)22-20(28-19)13-26-18-8-4-7-17(21(18)22)25-12-14-5-2-1-3-6-14/h1-11,13,25H,12H2. The van der Waals surface area contributed by atoms with Crippen LogP contribution in [-0.4, -0.2) is 4.98 Å². The molecule has 5 heteroatoms. The first kappa shape index (κ1) is 17.2. The van der Waals surface area contributed by atoms with Crippen molar-refractivity contribution < 1.29 is 0 Å². The minimum absolute atomic E-state index is 0.00684. The zero-order valence-corrected chi connectivity index (χ0v) is 16.3. The molecule has 1 N–H and O–H groups in total. The number of benzene rings is 3. The van der Waals surface area contributed by atoms with Gasteiger partial charge < -0.3 is 5.32 Å². The molecule has 0 radical (unpaired) electrons. The summed E-state index contributed by atoms with van der Waals surface area (Å²) in [7, 11) is 0. The van der Waals surface area contributed by atoms with Gasteiger partial charge in [0.2, 0.25) is 0 Å². The Kier molecular flexibility index (Phi) is 4.23. The molecule has 0 spiro atoms. The highest BCUT2D eigenvalue weighted by Crippen LogP contribution is 2.33. The van der Waals surface area contributed by atoms with Gasteiger partial charge in [-0.05, 0) is 35.9 Å². The molecule has 0 aliphatic heterocycles. The molecule has 5 rings (SSSR count). The molecule has 0 bridgehead atoms. The van der Waals surface area contributed by atoms with Crippen molar-refractivity contribution in [2.24, 2.45) is 0 Å². The first-order chi connectivity index (χ1) is 13.7. The fourth-order valence-corrected chi connectivity index (χ4v) is 4.70. The maximum absolute atomic E-state index is 13.4. The molecule has 3 nitrogen and oxygen atoms in total. The van der Waals surface area contributed by atoms with E-state index in [1.54, 1.807) is 23.6 Å². The molecule has 3 aromatic carbocycles. The zero-order chi connectivity index (χ0) is 19.1. The molecule has 136 valence electrons. The Morgan fingerprint density at radius 1 is 0.929 bits per heavy atom. The highest BCUT2D eigenvalue weighted by molar-refractivity contribution is 7.24. The first-order valence-corrected chi connectivity index (χ1v) is 10.1. The van der Waals surface area contributed by atoms with E-state index in [1.165, 1.54) is 5.56 Å². The molecule has 0 atom stereocenters. The van der Waals surface area contributed by atoms with Gasteiger partial charge in [-0.15, -0.1) is 11.3 Å². The zero-order valence-electron chi connectivity index (χ0n) is 14.8. The number of hydrogen-bond donors (Lipinski definition) is 1. The maximum Gasteiger partial charge on any atom is 0.196 e. The van der Waals surface area contributed by atoms with Crippen molar-refractivity contribution in [2.75, 3.05) is 5.32 Å². The molecule has 5 aromatic rings. The third-order valence-electron chi connectivity index (χ3n) is 4.82. The van der Waals surface area contributed by atoms with Crippen LogP contribution in [0.3, 0.4) is 0 Å². The number of pyridine rings is 1. The van der Waals surface area contributed by atoms with Crippen molar-refractivity contribution in [1.82, 2.24) is 4.98 Å². The number of nitrogens with one attached hydrogen (secondary N) is 1. The minimum atomic E-state index is -0.00684. The summed E-state index contributed by atoms with van der Waals surface area (Å²) in [5.74, 6) is 0. The number of hydrogen-bond acceptors (Lipinski definition) is 4. The topological polar surface area (TPSA) is 42.0 Å². The second-order valence-electron chi connectivity index (χ2n) is 6.61. The number of nitrogens with zero attached hydrogens (tertiary/aromatic N) is 1. The molecule has 0 fully saturated rings. The van der Waals surface area contributed by atoms with Crippen molar-refractivity contribution in [2.45, 2.75) is 6.54 Å². The molecule has 0 aliphatic carbocycles. The van der Waals surface area contributed by atoms with E-state index >= 15 is 0 Å². The van der Waals surface area contributed by atoms with Crippen molar-refractivity contribution in [3.8, 4) is 0 Å². The molecule has 0 saturated heterocycles. The summed E-state index contributed by atoms with van der Waals surface area (Å²) in [6.45, 7) is 0.674. The van der Waals surface area contributed by atoms with E-state index in [0.717, 1.165) is 26.0 Å². The van der Waals surface area contributed by atoms with E-state index in [-0.39, 0.29) is 5.43 Å². The number of aromatic nitrogens is 1. The average molecular weight is 403 g/mol. The molecule has 0 amide bonds. The first-order valence-electron chi connectivity index (χ1n) is 8.92. The van der Waals surface area contributed by atoms with Gasteiger partial charge in [-0.25, -0.2) is 0 Å². The van der Waals surface area contributed by atoms with Crippen molar-refractivity contribution >= 4 is 59.7 Å². The Labute approximate surface area is 170 Å². The summed E-state index contributed by atoms with van der Waals surface area (Å²) in [6.07, 6.45) is 1.79. The summed E-state index contributed by atoms with van der Waals surface area (Å²) in [5, 5.41) is 6.25. The quantitative estimate of drug-likeness (QED) is 0.287. The number of rotatable bonds is 3. The van der Waals surface area contributed by atoms with E-state index < -0.39 is 0 Å². The second kappa shape index (κ2) is 6.89. The largest absolute Gasteiger partial charge is 0.380 e. The Balaban J connectivity index is 1.77. The van der Waals surface area contributed by atoms with Gasteiger partial charge in [0.05, 0.1) is 15.6 Å². The Morgan fingerprint density at radius 2 is 1.79 bits per heavy atom. The molecule has 2 heterocycles. The number of anilines is 1. The van der Waals surface area contributed by atoms with Crippen molar-refractivity contribution in [1.29, 1.82) is 0 Å². The predicted molar refractivity (Wildman–Crippen MR) is 120 cm³/mol. The summed E-state index contributed by atoms with van der Waals surface area (Å²) in [6, 6.07) is 21.5. The lowest BCUT2D eigenvalue weighted by atomic mass is 10.1. The van der Waals surface area contributed by atoms with Gasteiger partial charge in [0.1, 0.15) is 0 Å². The summed E-state index contributed by atoms with van der Waals surface area (Å²) < 4.78 is 1.79. The van der Waals surface area contributed by atoms with Gasteiger partial charge in [-0.3, -0.25) is 9.78 Å². The molecule has 0 saturated carbocycles. The highest BCUT2D eigenvalue weighted by Gasteiger charge is 2.13. The fourth-order valence-electron chi connectivity index (χ4n) is 3.49. The van der Waals surface area contributed by atoms with Crippen LogP contribution < -0.4 is 10.7 Å². The van der Waals surface area contributed by atoms with Crippen LogP contribution in [0.2, 0.25) is 5.02 Å². The summed E-state index contributed by atoms with van der Waals surface area (Å²) in [4.78, 5) is 18.0. The number of halogens is 1. The minimum Gasteiger partial charge on any atom is -0.380 e. The lowest BCUT2D eigenvalue weighted by molar-refractivity contribution is 1.15. The molecular formula is C23H15ClN2OS. The van der Waals surface area contributed by atoms with Crippen LogP contribution in [0.1, 0.15) is 5.56 Å². The van der Waals surface area contributed by atoms with Crippen LogP contribution in [0.15, 0.2) is 77.7 Å². The van der Waals surface area contributed by atoms with E-state index in [2.05, 4.69) is 22.4 Å². The SMILES string of the molecule is O=c1c2cc(Cl)ccc2sc2cnc3cccc(NCc4ccccc4)c3c12. The Hall–Kier alpha value is -2.95. The van der Waals surface area contributed by atoms with Gasteiger partial charge >= 0.3 is 0 Å². The molecule has 0 aliphatic rings. The highest BCUT2D eigenvalue weighted by atomic mass is 35.5. The van der Waals surface area contributed by atoms with E-state index in [1.807, 2.05) is 48.5 Å². The Morgan fingerprint density at radius 3 is 2.64 bits per heavy atom. The number of fused-ring (bicyclic) bond motifs is 4. The lowest BCUT2D eigenvalue weighted by Gasteiger charge is -2.12. The molecule has 28 heavy (non-hydrogen) atoms. The van der Waals surface area contributed by atoms with Crippen molar-refractivity contribution in [3.05, 3.63) is 93.7 Å². The van der Waals surface area contributed by atoms with Gasteiger partial charge in [0.25, 0.3) is 0 Å². The van der Waals surface area contributed by atoms with Crippen LogP contribution in [0.5, 0.6) is 0 Å². The maximum atomic E-state index is 13.4. The van der Waals surface area contributed by atoms with E-state index in [9.17, 15) is 4.79 Å². The van der Waals surface area contributed by atoms with Gasteiger partial charge in [0, 0.05) is 38.9 Å². The van der Waals surface area contributed by atoms with Gasteiger partial charge in [-0.1, -0.05) is 48.0 Å².